The van der Waals surface area contributed by atoms with Gasteiger partial charge in [-0.2, -0.15) is 13.2 Å². The van der Waals surface area contributed by atoms with Crippen LogP contribution in [0.4, 0.5) is 13.2 Å². The predicted molar refractivity (Wildman–Crippen MR) is 58.4 cm³/mol. The van der Waals surface area contributed by atoms with Crippen LogP contribution in [0.25, 0.3) is 0 Å². The summed E-state index contributed by atoms with van der Waals surface area (Å²) in [5.74, 6) is 0. The Morgan fingerprint density at radius 1 is 1.12 bits per heavy atom. The average Bonchev–Trinajstić information content (AvgIpc) is 2.16. The molecule has 4 heteroatoms. The van der Waals surface area contributed by atoms with E-state index in [2.05, 4.69) is 5.32 Å². The molecule has 16 heavy (non-hydrogen) atoms. The lowest BCUT2D eigenvalue weighted by Gasteiger charge is -2.25. The fourth-order valence-electron chi connectivity index (χ4n) is 1.66. The molecule has 0 amide bonds. The van der Waals surface area contributed by atoms with Crippen LogP contribution in [-0.4, -0.2) is 13.6 Å². The summed E-state index contributed by atoms with van der Waals surface area (Å²) in [6.45, 7) is 4.46. The topological polar surface area (TPSA) is 12.0 Å². The molecular weight excluding hydrogens is 215 g/mol. The number of hydrogen-bond donors (Lipinski definition) is 1. The quantitative estimate of drug-likeness (QED) is 0.842. The monoisotopic (exact) mass is 231 g/mol. The minimum atomic E-state index is -4.27. The molecule has 0 unspecified atom stereocenters. The third kappa shape index (κ3) is 2.98. The van der Waals surface area contributed by atoms with Gasteiger partial charge in [-0.3, -0.25) is 0 Å². The highest BCUT2D eigenvalue weighted by Crippen LogP contribution is 2.32. The largest absolute Gasteiger partial charge is 0.416 e. The Bertz CT molecular complexity index is 356. The van der Waals surface area contributed by atoms with E-state index in [-0.39, 0.29) is 5.41 Å². The van der Waals surface area contributed by atoms with Crippen molar-refractivity contribution in [3.05, 3.63) is 35.4 Å². The second kappa shape index (κ2) is 4.45. The number of benzene rings is 1. The number of alkyl halides is 3. The molecule has 1 N–H and O–H groups in total. The van der Waals surface area contributed by atoms with Crippen LogP contribution in [-0.2, 0) is 11.6 Å². The van der Waals surface area contributed by atoms with E-state index in [1.807, 2.05) is 13.8 Å². The fraction of sp³-hybridized carbons (Fsp3) is 0.500. The van der Waals surface area contributed by atoms with Gasteiger partial charge in [-0.25, -0.2) is 0 Å². The second-order valence-corrected chi connectivity index (χ2v) is 4.49. The molecule has 1 aromatic rings. The maximum atomic E-state index is 12.5. The summed E-state index contributed by atoms with van der Waals surface area (Å²) in [6.07, 6.45) is -4.27. The van der Waals surface area contributed by atoms with Gasteiger partial charge in [-0.15, -0.1) is 0 Å². The van der Waals surface area contributed by atoms with Gasteiger partial charge in [0.15, 0.2) is 0 Å². The Balaban J connectivity index is 3.08. The molecule has 1 aromatic carbocycles. The highest BCUT2D eigenvalue weighted by molar-refractivity contribution is 5.31. The van der Waals surface area contributed by atoms with Crippen LogP contribution < -0.4 is 5.32 Å². The van der Waals surface area contributed by atoms with Crippen molar-refractivity contribution < 1.29 is 13.2 Å². The van der Waals surface area contributed by atoms with Gasteiger partial charge in [0.2, 0.25) is 0 Å². The molecule has 0 atom stereocenters. The molecule has 1 rings (SSSR count). The van der Waals surface area contributed by atoms with Crippen LogP contribution in [0.2, 0.25) is 0 Å². The van der Waals surface area contributed by atoms with E-state index < -0.39 is 11.7 Å². The number of halogens is 3. The number of nitrogens with one attached hydrogen (secondary N) is 1. The van der Waals surface area contributed by atoms with Crippen molar-refractivity contribution in [1.29, 1.82) is 0 Å². The number of rotatable bonds is 3. The van der Waals surface area contributed by atoms with E-state index in [0.717, 1.165) is 6.07 Å². The van der Waals surface area contributed by atoms with Gasteiger partial charge in [0.1, 0.15) is 0 Å². The van der Waals surface area contributed by atoms with E-state index in [1.54, 1.807) is 13.1 Å². The summed E-state index contributed by atoms with van der Waals surface area (Å²) in [5.41, 5.74) is -0.207. The summed E-state index contributed by atoms with van der Waals surface area (Å²) >= 11 is 0. The number of hydrogen-bond acceptors (Lipinski definition) is 1. The van der Waals surface area contributed by atoms with E-state index in [4.69, 9.17) is 0 Å². The first-order valence-corrected chi connectivity index (χ1v) is 5.10. The molecule has 0 heterocycles. The Hall–Kier alpha value is -1.03. The van der Waals surface area contributed by atoms with Crippen LogP contribution in [0.1, 0.15) is 25.0 Å². The Morgan fingerprint density at radius 2 is 1.69 bits per heavy atom. The summed E-state index contributed by atoms with van der Waals surface area (Å²) in [6, 6.07) is 5.50. The molecule has 0 aliphatic carbocycles. The average molecular weight is 231 g/mol. The van der Waals surface area contributed by atoms with Crippen LogP contribution in [0, 0.1) is 0 Å². The summed E-state index contributed by atoms with van der Waals surface area (Å²) in [5, 5.41) is 2.98. The van der Waals surface area contributed by atoms with Gasteiger partial charge in [0, 0.05) is 12.0 Å². The maximum absolute atomic E-state index is 12.5. The molecule has 0 spiro atoms. The molecular formula is C12H16F3N. The van der Waals surface area contributed by atoms with Gasteiger partial charge in [-0.1, -0.05) is 32.0 Å². The van der Waals surface area contributed by atoms with Crippen molar-refractivity contribution in [1.82, 2.24) is 5.32 Å². The minimum absolute atomic E-state index is 0.310. The Labute approximate surface area is 93.7 Å². The van der Waals surface area contributed by atoms with Gasteiger partial charge in [0.25, 0.3) is 0 Å². The standard InChI is InChI=1S/C12H16F3N/c1-11(2,8-16-3)9-5-4-6-10(7-9)12(13,14)15/h4-7,16H,8H2,1-3H3. The molecule has 1 nitrogen and oxygen atoms in total. The molecule has 0 saturated heterocycles. The van der Waals surface area contributed by atoms with Crippen LogP contribution >= 0.6 is 0 Å². The van der Waals surface area contributed by atoms with Crippen molar-refractivity contribution in [3.63, 3.8) is 0 Å². The first-order valence-electron chi connectivity index (χ1n) is 5.10. The van der Waals surface area contributed by atoms with Gasteiger partial charge < -0.3 is 5.32 Å². The lowest BCUT2D eigenvalue weighted by atomic mass is 9.84. The first-order chi connectivity index (χ1) is 7.27. The zero-order valence-electron chi connectivity index (χ0n) is 9.65. The van der Waals surface area contributed by atoms with Gasteiger partial charge in [0.05, 0.1) is 5.56 Å². The van der Waals surface area contributed by atoms with Gasteiger partial charge in [-0.05, 0) is 18.7 Å². The molecule has 0 radical (unpaired) electrons. The lowest BCUT2D eigenvalue weighted by molar-refractivity contribution is -0.137. The van der Waals surface area contributed by atoms with Crippen molar-refractivity contribution in [2.75, 3.05) is 13.6 Å². The third-order valence-electron chi connectivity index (χ3n) is 2.59. The fourth-order valence-corrected chi connectivity index (χ4v) is 1.66. The van der Waals surface area contributed by atoms with Gasteiger partial charge >= 0.3 is 6.18 Å². The highest BCUT2D eigenvalue weighted by atomic mass is 19.4. The SMILES string of the molecule is CNCC(C)(C)c1cccc(C(F)(F)F)c1. The first kappa shape index (κ1) is 13.0. The van der Waals surface area contributed by atoms with E-state index in [9.17, 15) is 13.2 Å². The normalized spacial score (nSPS) is 12.9. The summed E-state index contributed by atoms with van der Waals surface area (Å²) < 4.78 is 37.6. The predicted octanol–water partition coefficient (Wildman–Crippen LogP) is 3.20. The minimum Gasteiger partial charge on any atom is -0.319 e. The lowest BCUT2D eigenvalue weighted by Crippen LogP contribution is -2.30. The van der Waals surface area contributed by atoms with E-state index in [0.29, 0.717) is 12.1 Å². The molecule has 0 saturated carbocycles. The van der Waals surface area contributed by atoms with Crippen LogP contribution in [0.3, 0.4) is 0 Å². The molecule has 0 aromatic heterocycles. The molecule has 0 aliphatic heterocycles. The van der Waals surface area contributed by atoms with Crippen molar-refractivity contribution in [3.8, 4) is 0 Å². The maximum Gasteiger partial charge on any atom is 0.416 e. The zero-order valence-corrected chi connectivity index (χ0v) is 9.65. The smallest absolute Gasteiger partial charge is 0.319 e. The summed E-state index contributed by atoms with van der Waals surface area (Å²) in [4.78, 5) is 0. The van der Waals surface area contributed by atoms with Crippen molar-refractivity contribution >= 4 is 0 Å². The van der Waals surface area contributed by atoms with Crippen LogP contribution in [0.5, 0.6) is 0 Å². The summed E-state index contributed by atoms with van der Waals surface area (Å²) in [7, 11) is 1.79. The van der Waals surface area contributed by atoms with Crippen molar-refractivity contribution in [2.45, 2.75) is 25.4 Å². The Kier molecular flexibility index (Phi) is 3.63. The Morgan fingerprint density at radius 3 is 2.19 bits per heavy atom. The third-order valence-corrected chi connectivity index (χ3v) is 2.59. The van der Waals surface area contributed by atoms with E-state index >= 15 is 0 Å². The van der Waals surface area contributed by atoms with E-state index in [1.165, 1.54) is 12.1 Å². The molecule has 0 aliphatic rings. The molecule has 0 bridgehead atoms. The highest BCUT2D eigenvalue weighted by Gasteiger charge is 2.31. The molecule has 0 fully saturated rings. The number of likely N-dealkylation sites (N-methyl/N-ethyl adjacent to an activating group) is 1. The zero-order chi connectivity index (χ0) is 12.4. The molecule has 90 valence electrons. The second-order valence-electron chi connectivity index (χ2n) is 4.49. The van der Waals surface area contributed by atoms with Crippen LogP contribution in [0.15, 0.2) is 24.3 Å². The van der Waals surface area contributed by atoms with Crippen molar-refractivity contribution in [2.24, 2.45) is 0 Å².